The van der Waals surface area contributed by atoms with E-state index in [0.717, 1.165) is 4.90 Å². The van der Waals surface area contributed by atoms with E-state index < -0.39 is 0 Å². The van der Waals surface area contributed by atoms with Crippen LogP contribution in [0.4, 0.5) is 0 Å². The lowest BCUT2D eigenvalue weighted by Gasteiger charge is -2.06. The lowest BCUT2D eigenvalue weighted by atomic mass is 10.2. The maximum Gasteiger partial charge on any atom is 0.126 e. The molecule has 0 amide bonds. The van der Waals surface area contributed by atoms with Crippen LogP contribution in [0.25, 0.3) is 0 Å². The molecule has 0 aliphatic heterocycles. The molecule has 12 heavy (non-hydrogen) atoms. The number of benzene rings is 1. The molecule has 0 saturated carbocycles. The van der Waals surface area contributed by atoms with Gasteiger partial charge in [-0.2, -0.15) is 0 Å². The highest BCUT2D eigenvalue weighted by atomic mass is 32.2. The molecule has 0 aromatic heterocycles. The number of phenolic OH excluding ortho intramolecular Hbond substituents is 1. The molecule has 1 rings (SSSR count). The van der Waals surface area contributed by atoms with E-state index in [1.165, 1.54) is 11.8 Å². The smallest absolute Gasteiger partial charge is 0.126 e. The second-order valence-corrected chi connectivity index (χ2v) is 3.51. The third-order valence-corrected chi connectivity index (χ3v) is 2.45. The van der Waals surface area contributed by atoms with Gasteiger partial charge in [-0.15, -0.1) is 11.8 Å². The summed E-state index contributed by atoms with van der Waals surface area (Å²) in [6.45, 7) is 0. The van der Waals surface area contributed by atoms with E-state index in [0.29, 0.717) is 5.56 Å². The van der Waals surface area contributed by atoms with Gasteiger partial charge in [0.15, 0.2) is 0 Å². The Morgan fingerprint density at radius 1 is 1.58 bits per heavy atom. The third-order valence-electron chi connectivity index (χ3n) is 1.47. The van der Waals surface area contributed by atoms with Crippen LogP contribution < -0.4 is 5.73 Å². The second-order valence-electron chi connectivity index (χ2n) is 2.22. The Morgan fingerprint density at radius 3 is 2.67 bits per heavy atom. The van der Waals surface area contributed by atoms with Gasteiger partial charge >= 0.3 is 0 Å². The summed E-state index contributed by atoms with van der Waals surface area (Å²) < 4.78 is 0. The molecule has 1 aromatic carbocycles. The maximum absolute atomic E-state index is 9.41. The lowest BCUT2D eigenvalue weighted by molar-refractivity contribution is 0.472. The van der Waals surface area contributed by atoms with E-state index in [-0.39, 0.29) is 10.7 Å². The van der Waals surface area contributed by atoms with Crippen LogP contribution in [0.2, 0.25) is 0 Å². The molecule has 3 N–H and O–H groups in total. The van der Waals surface area contributed by atoms with Crippen molar-refractivity contribution >= 4 is 29.0 Å². The minimum Gasteiger partial charge on any atom is -0.507 e. The van der Waals surface area contributed by atoms with Crippen molar-refractivity contribution in [1.29, 1.82) is 0 Å². The van der Waals surface area contributed by atoms with Crippen LogP contribution in [0.1, 0.15) is 5.56 Å². The molecule has 0 radical (unpaired) electrons. The molecule has 1 aromatic rings. The van der Waals surface area contributed by atoms with Crippen LogP contribution in [0.15, 0.2) is 23.1 Å². The monoisotopic (exact) mass is 199 g/mol. The first-order valence-corrected chi connectivity index (χ1v) is 4.96. The molecular formula is C8H9NOS2. The second kappa shape index (κ2) is 3.78. The average Bonchev–Trinajstić information content (AvgIpc) is 2.03. The molecule has 0 saturated heterocycles. The van der Waals surface area contributed by atoms with Gasteiger partial charge in [-0.05, 0) is 18.4 Å². The van der Waals surface area contributed by atoms with Gasteiger partial charge in [0, 0.05) is 4.90 Å². The minimum atomic E-state index is 0.148. The summed E-state index contributed by atoms with van der Waals surface area (Å²) in [5, 5.41) is 9.41. The molecule has 0 aliphatic rings. The molecule has 4 heteroatoms. The predicted octanol–water partition coefficient (Wildman–Crippen LogP) is 1.75. The van der Waals surface area contributed by atoms with Gasteiger partial charge in [0.2, 0.25) is 0 Å². The largest absolute Gasteiger partial charge is 0.507 e. The van der Waals surface area contributed by atoms with Crippen molar-refractivity contribution in [2.75, 3.05) is 6.26 Å². The number of aromatic hydroxyl groups is 1. The van der Waals surface area contributed by atoms with E-state index >= 15 is 0 Å². The van der Waals surface area contributed by atoms with E-state index in [1.807, 2.05) is 12.3 Å². The molecule has 0 unspecified atom stereocenters. The van der Waals surface area contributed by atoms with Crippen molar-refractivity contribution in [3.8, 4) is 5.75 Å². The van der Waals surface area contributed by atoms with Gasteiger partial charge in [-0.1, -0.05) is 18.3 Å². The fraction of sp³-hybridized carbons (Fsp3) is 0.125. The molecule has 0 bridgehead atoms. The first-order valence-electron chi connectivity index (χ1n) is 3.32. The Labute approximate surface area is 80.8 Å². The topological polar surface area (TPSA) is 46.2 Å². The van der Waals surface area contributed by atoms with Crippen LogP contribution in [0.5, 0.6) is 5.75 Å². The third kappa shape index (κ3) is 1.70. The Bertz CT molecular complexity index is 312. The fourth-order valence-corrected chi connectivity index (χ4v) is 1.85. The average molecular weight is 199 g/mol. The highest BCUT2D eigenvalue weighted by molar-refractivity contribution is 7.98. The number of rotatable bonds is 2. The number of hydrogen-bond acceptors (Lipinski definition) is 3. The first kappa shape index (κ1) is 9.35. The Kier molecular flexibility index (Phi) is 2.94. The van der Waals surface area contributed by atoms with Crippen LogP contribution >= 0.6 is 24.0 Å². The Morgan fingerprint density at radius 2 is 2.25 bits per heavy atom. The SMILES string of the molecule is CSc1cccc(O)c1C(N)=S. The highest BCUT2D eigenvalue weighted by Gasteiger charge is 2.08. The Balaban J connectivity index is 3.29. The zero-order chi connectivity index (χ0) is 9.14. The first-order chi connectivity index (χ1) is 5.66. The van der Waals surface area contributed by atoms with Gasteiger partial charge in [-0.3, -0.25) is 0 Å². The van der Waals surface area contributed by atoms with E-state index in [4.69, 9.17) is 18.0 Å². The van der Waals surface area contributed by atoms with Gasteiger partial charge in [0.25, 0.3) is 0 Å². The van der Waals surface area contributed by atoms with Crippen LogP contribution in [-0.2, 0) is 0 Å². The van der Waals surface area contributed by atoms with Gasteiger partial charge in [0.05, 0.1) is 5.56 Å². The molecule has 0 aliphatic carbocycles. The summed E-state index contributed by atoms with van der Waals surface area (Å²) in [6.07, 6.45) is 1.91. The van der Waals surface area contributed by atoms with Crippen molar-refractivity contribution in [3.63, 3.8) is 0 Å². The minimum absolute atomic E-state index is 0.148. The molecule has 2 nitrogen and oxygen atoms in total. The quantitative estimate of drug-likeness (QED) is 0.562. The normalized spacial score (nSPS) is 9.75. The number of phenols is 1. The summed E-state index contributed by atoms with van der Waals surface area (Å²) in [4.78, 5) is 1.14. The van der Waals surface area contributed by atoms with E-state index in [9.17, 15) is 5.11 Å². The number of thiocarbonyl (C=S) groups is 1. The lowest BCUT2D eigenvalue weighted by Crippen LogP contribution is -2.10. The summed E-state index contributed by atoms with van der Waals surface area (Å²) in [5.41, 5.74) is 6.02. The van der Waals surface area contributed by atoms with Crippen molar-refractivity contribution in [3.05, 3.63) is 23.8 Å². The van der Waals surface area contributed by atoms with Crippen LogP contribution in [-0.4, -0.2) is 16.4 Å². The van der Waals surface area contributed by atoms with E-state index in [2.05, 4.69) is 0 Å². The van der Waals surface area contributed by atoms with Crippen molar-refractivity contribution in [2.45, 2.75) is 4.90 Å². The van der Waals surface area contributed by atoms with Crippen molar-refractivity contribution in [2.24, 2.45) is 5.73 Å². The maximum atomic E-state index is 9.41. The van der Waals surface area contributed by atoms with Crippen molar-refractivity contribution in [1.82, 2.24) is 0 Å². The van der Waals surface area contributed by atoms with Gasteiger partial charge in [0.1, 0.15) is 10.7 Å². The molecule has 0 fully saturated rings. The zero-order valence-corrected chi connectivity index (χ0v) is 8.21. The highest BCUT2D eigenvalue weighted by Crippen LogP contribution is 2.27. The standard InChI is InChI=1S/C8H9NOS2/c1-12-6-4-2-3-5(10)7(6)8(9)11/h2-4,10H,1H3,(H2,9,11). The van der Waals surface area contributed by atoms with E-state index in [1.54, 1.807) is 12.1 Å². The number of hydrogen-bond donors (Lipinski definition) is 2. The van der Waals surface area contributed by atoms with Crippen LogP contribution in [0, 0.1) is 0 Å². The summed E-state index contributed by atoms with van der Waals surface area (Å²) in [6, 6.07) is 5.22. The summed E-state index contributed by atoms with van der Waals surface area (Å²) >= 11 is 6.32. The van der Waals surface area contributed by atoms with Crippen molar-refractivity contribution < 1.29 is 5.11 Å². The molecule has 0 spiro atoms. The fourth-order valence-electron chi connectivity index (χ4n) is 0.937. The van der Waals surface area contributed by atoms with Gasteiger partial charge in [-0.25, -0.2) is 0 Å². The van der Waals surface area contributed by atoms with Gasteiger partial charge < -0.3 is 10.8 Å². The number of nitrogens with two attached hydrogens (primary N) is 1. The molecular weight excluding hydrogens is 190 g/mol. The molecule has 0 atom stereocenters. The zero-order valence-electron chi connectivity index (χ0n) is 6.57. The molecule has 64 valence electrons. The summed E-state index contributed by atoms with van der Waals surface area (Å²) in [7, 11) is 0. The summed E-state index contributed by atoms with van der Waals surface area (Å²) in [5.74, 6) is 0.148. The number of thioether (sulfide) groups is 1. The molecule has 0 heterocycles. The predicted molar refractivity (Wildman–Crippen MR) is 55.8 cm³/mol. The Hall–Kier alpha value is -0.740. The van der Waals surface area contributed by atoms with Crippen LogP contribution in [0.3, 0.4) is 0 Å².